The molecule has 0 aliphatic rings. The van der Waals surface area contributed by atoms with Gasteiger partial charge in [0, 0.05) is 22.2 Å². The predicted molar refractivity (Wildman–Crippen MR) is 111 cm³/mol. The van der Waals surface area contributed by atoms with E-state index in [1.165, 1.54) is 11.8 Å². The van der Waals surface area contributed by atoms with E-state index in [9.17, 15) is 4.79 Å². The molecule has 1 amide bonds. The SMILES string of the molecule is Cc1ccc(NC(=S)SCCCOC(=O)Nc2ccccc2)cc1Cl. The van der Waals surface area contributed by atoms with Crippen molar-refractivity contribution in [2.45, 2.75) is 13.3 Å². The maximum atomic E-state index is 11.6. The average Bonchev–Trinajstić information content (AvgIpc) is 2.59. The molecule has 0 unspecified atom stereocenters. The first kappa shape index (κ1) is 19.6. The van der Waals surface area contributed by atoms with E-state index < -0.39 is 6.09 Å². The van der Waals surface area contributed by atoms with Gasteiger partial charge in [0.1, 0.15) is 4.32 Å². The van der Waals surface area contributed by atoms with Crippen LogP contribution in [0, 0.1) is 6.92 Å². The van der Waals surface area contributed by atoms with Gasteiger partial charge in [0.15, 0.2) is 0 Å². The molecular weight excluding hydrogens is 376 g/mol. The summed E-state index contributed by atoms with van der Waals surface area (Å²) in [5.74, 6) is 0.754. The summed E-state index contributed by atoms with van der Waals surface area (Å²) in [6, 6.07) is 14.9. The topological polar surface area (TPSA) is 50.4 Å². The number of anilines is 2. The van der Waals surface area contributed by atoms with Gasteiger partial charge in [-0.3, -0.25) is 5.32 Å². The minimum Gasteiger partial charge on any atom is -0.449 e. The van der Waals surface area contributed by atoms with Crippen LogP contribution in [-0.2, 0) is 4.74 Å². The Morgan fingerprint density at radius 3 is 2.64 bits per heavy atom. The van der Waals surface area contributed by atoms with E-state index in [4.69, 9.17) is 28.6 Å². The van der Waals surface area contributed by atoms with Crippen LogP contribution in [0.2, 0.25) is 5.02 Å². The van der Waals surface area contributed by atoms with Gasteiger partial charge in [0.2, 0.25) is 0 Å². The van der Waals surface area contributed by atoms with Gasteiger partial charge in [-0.25, -0.2) is 4.79 Å². The Morgan fingerprint density at radius 2 is 1.92 bits per heavy atom. The van der Waals surface area contributed by atoms with Gasteiger partial charge in [-0.1, -0.05) is 59.8 Å². The molecule has 132 valence electrons. The lowest BCUT2D eigenvalue weighted by molar-refractivity contribution is 0.162. The van der Waals surface area contributed by atoms with Crippen LogP contribution in [0.25, 0.3) is 0 Å². The summed E-state index contributed by atoms with van der Waals surface area (Å²) in [5, 5.41) is 6.50. The minimum absolute atomic E-state index is 0.338. The van der Waals surface area contributed by atoms with E-state index in [0.717, 1.165) is 17.0 Å². The number of ether oxygens (including phenoxy) is 1. The van der Waals surface area contributed by atoms with Crippen molar-refractivity contribution in [1.82, 2.24) is 0 Å². The van der Waals surface area contributed by atoms with Crippen molar-refractivity contribution in [1.29, 1.82) is 0 Å². The Labute approximate surface area is 162 Å². The highest BCUT2D eigenvalue weighted by atomic mass is 35.5. The minimum atomic E-state index is -0.453. The molecule has 2 N–H and O–H groups in total. The van der Waals surface area contributed by atoms with Crippen molar-refractivity contribution >= 4 is 57.4 Å². The van der Waals surface area contributed by atoms with Gasteiger partial charge in [-0.15, -0.1) is 0 Å². The Kier molecular flexibility index (Phi) is 8.04. The number of halogens is 1. The number of carbonyl (C=O) groups excluding carboxylic acids is 1. The van der Waals surface area contributed by atoms with Crippen molar-refractivity contribution in [2.75, 3.05) is 23.0 Å². The molecule has 0 atom stereocenters. The van der Waals surface area contributed by atoms with Crippen LogP contribution in [0.15, 0.2) is 48.5 Å². The van der Waals surface area contributed by atoms with Gasteiger partial charge in [-0.05, 0) is 43.2 Å². The smallest absolute Gasteiger partial charge is 0.411 e. The third kappa shape index (κ3) is 7.34. The number of rotatable bonds is 6. The number of thioether (sulfide) groups is 1. The summed E-state index contributed by atoms with van der Waals surface area (Å²) in [7, 11) is 0. The average molecular weight is 395 g/mol. The first-order valence-corrected chi connectivity index (χ1v) is 9.50. The molecular formula is C18H19ClN2O2S2. The highest BCUT2D eigenvalue weighted by Gasteiger charge is 2.04. The first-order valence-electron chi connectivity index (χ1n) is 7.73. The number of aryl methyl sites for hydroxylation is 1. The monoisotopic (exact) mass is 394 g/mol. The van der Waals surface area contributed by atoms with Gasteiger partial charge >= 0.3 is 6.09 Å². The zero-order chi connectivity index (χ0) is 18.1. The molecule has 0 saturated heterocycles. The van der Waals surface area contributed by atoms with Crippen LogP contribution in [-0.4, -0.2) is 22.8 Å². The van der Waals surface area contributed by atoms with Gasteiger partial charge < -0.3 is 10.1 Å². The summed E-state index contributed by atoms with van der Waals surface area (Å²) in [5.41, 5.74) is 2.60. The molecule has 0 heterocycles. The van der Waals surface area contributed by atoms with E-state index >= 15 is 0 Å². The molecule has 0 aliphatic carbocycles. The predicted octanol–water partition coefficient (Wildman–Crippen LogP) is 5.72. The molecule has 0 radical (unpaired) electrons. The number of para-hydroxylation sites is 1. The highest BCUT2D eigenvalue weighted by Crippen LogP contribution is 2.21. The molecule has 0 bridgehead atoms. The highest BCUT2D eigenvalue weighted by molar-refractivity contribution is 8.23. The van der Waals surface area contributed by atoms with Crippen molar-refractivity contribution in [3.05, 3.63) is 59.1 Å². The molecule has 0 aromatic heterocycles. The van der Waals surface area contributed by atoms with Gasteiger partial charge in [0.25, 0.3) is 0 Å². The van der Waals surface area contributed by atoms with E-state index in [1.807, 2.05) is 43.3 Å². The molecule has 0 aliphatic heterocycles. The third-order valence-electron chi connectivity index (χ3n) is 3.19. The fourth-order valence-corrected chi connectivity index (χ4v) is 3.07. The van der Waals surface area contributed by atoms with Crippen LogP contribution in [0.4, 0.5) is 16.2 Å². The maximum Gasteiger partial charge on any atom is 0.411 e. The summed E-state index contributed by atoms with van der Waals surface area (Å²) in [4.78, 5) is 11.6. The lowest BCUT2D eigenvalue weighted by atomic mass is 10.2. The number of hydrogen-bond donors (Lipinski definition) is 2. The maximum absolute atomic E-state index is 11.6. The van der Waals surface area contributed by atoms with Crippen molar-refractivity contribution in [2.24, 2.45) is 0 Å². The van der Waals surface area contributed by atoms with Crippen LogP contribution in [0.1, 0.15) is 12.0 Å². The van der Waals surface area contributed by atoms with Crippen LogP contribution in [0.3, 0.4) is 0 Å². The molecule has 7 heteroatoms. The van der Waals surface area contributed by atoms with Crippen LogP contribution < -0.4 is 10.6 Å². The lowest BCUT2D eigenvalue weighted by Gasteiger charge is -2.09. The first-order chi connectivity index (χ1) is 12.0. The third-order valence-corrected chi connectivity index (χ3v) is 4.91. The number of amides is 1. The Balaban J connectivity index is 1.60. The molecule has 0 fully saturated rings. The van der Waals surface area contributed by atoms with E-state index in [-0.39, 0.29) is 0 Å². The fourth-order valence-electron chi connectivity index (χ4n) is 1.89. The number of benzene rings is 2. The standard InChI is InChI=1S/C18H19ClN2O2S2/c1-13-8-9-15(12-16(13)19)21-18(24)25-11-5-10-23-17(22)20-14-6-3-2-4-7-14/h2-4,6-9,12H,5,10-11H2,1H3,(H,20,22)(H,21,24). The molecule has 0 saturated carbocycles. The summed E-state index contributed by atoms with van der Waals surface area (Å²) in [6.07, 6.45) is 0.259. The molecule has 2 aromatic carbocycles. The molecule has 2 aromatic rings. The normalized spacial score (nSPS) is 10.2. The number of hydrogen-bond acceptors (Lipinski definition) is 4. The van der Waals surface area contributed by atoms with E-state index in [2.05, 4.69) is 10.6 Å². The molecule has 2 rings (SSSR count). The van der Waals surface area contributed by atoms with Gasteiger partial charge in [-0.2, -0.15) is 0 Å². The van der Waals surface area contributed by atoms with Gasteiger partial charge in [0.05, 0.1) is 6.61 Å². The largest absolute Gasteiger partial charge is 0.449 e. The van der Waals surface area contributed by atoms with Crippen molar-refractivity contribution in [3.8, 4) is 0 Å². The number of carbonyl (C=O) groups is 1. The second kappa shape index (κ2) is 10.3. The second-order valence-corrected chi connectivity index (χ2v) is 7.38. The number of thiocarbonyl (C=S) groups is 1. The van der Waals surface area contributed by atoms with Crippen LogP contribution >= 0.6 is 35.6 Å². The molecule has 0 spiro atoms. The number of nitrogens with one attached hydrogen (secondary N) is 2. The van der Waals surface area contributed by atoms with Crippen molar-refractivity contribution < 1.29 is 9.53 Å². The Hall–Kier alpha value is -1.76. The second-order valence-electron chi connectivity index (χ2n) is 5.21. The summed E-state index contributed by atoms with van der Waals surface area (Å²) < 4.78 is 5.79. The lowest BCUT2D eigenvalue weighted by Crippen LogP contribution is -2.14. The Morgan fingerprint density at radius 1 is 1.16 bits per heavy atom. The van der Waals surface area contributed by atoms with E-state index in [1.54, 1.807) is 12.1 Å². The summed E-state index contributed by atoms with van der Waals surface area (Å²) >= 11 is 12.9. The molecule has 25 heavy (non-hydrogen) atoms. The molecule has 4 nitrogen and oxygen atoms in total. The van der Waals surface area contributed by atoms with E-state index in [0.29, 0.717) is 28.1 Å². The fraction of sp³-hybridized carbons (Fsp3) is 0.222. The van der Waals surface area contributed by atoms with Crippen LogP contribution in [0.5, 0.6) is 0 Å². The zero-order valence-electron chi connectivity index (χ0n) is 13.8. The summed E-state index contributed by atoms with van der Waals surface area (Å²) in [6.45, 7) is 2.29. The zero-order valence-corrected chi connectivity index (χ0v) is 16.1. The quantitative estimate of drug-likeness (QED) is 0.485. The Bertz CT molecular complexity index is 726. The van der Waals surface area contributed by atoms with Crippen molar-refractivity contribution in [3.63, 3.8) is 0 Å².